The molecule has 1 unspecified atom stereocenters. The normalized spacial score (nSPS) is 14.5. The number of rotatable bonds is 14. The Bertz CT molecular complexity index is 2100. The van der Waals surface area contributed by atoms with E-state index in [9.17, 15) is 19.5 Å². The molecule has 0 aliphatic carbocycles. The maximum atomic E-state index is 13.9. The summed E-state index contributed by atoms with van der Waals surface area (Å²) in [4.78, 5) is 51.1. The van der Waals surface area contributed by atoms with Crippen molar-refractivity contribution in [3.8, 4) is 17.2 Å². The van der Waals surface area contributed by atoms with Gasteiger partial charge in [0.2, 0.25) is 11.9 Å². The van der Waals surface area contributed by atoms with Crippen LogP contribution in [0, 0.1) is 0 Å². The van der Waals surface area contributed by atoms with Crippen molar-refractivity contribution in [3.63, 3.8) is 0 Å². The highest BCUT2D eigenvalue weighted by molar-refractivity contribution is 5.92. The lowest BCUT2D eigenvalue weighted by Gasteiger charge is -2.42. The molecule has 2 heterocycles. The van der Waals surface area contributed by atoms with E-state index in [0.717, 1.165) is 11.1 Å². The molecule has 55 heavy (non-hydrogen) atoms. The molecule has 1 aromatic heterocycles. The number of amides is 3. The van der Waals surface area contributed by atoms with Gasteiger partial charge in [-0.1, -0.05) is 72.8 Å². The van der Waals surface area contributed by atoms with Crippen molar-refractivity contribution < 1.29 is 38.4 Å². The number of hydrogen-bond donors (Lipinski definition) is 4. The molecule has 1 aliphatic rings. The van der Waals surface area contributed by atoms with Gasteiger partial charge in [0.15, 0.2) is 11.5 Å². The SMILES string of the molecule is COc1cc2nc(N3CCN(C(=O)C[C@@H](NC(=O)O)c4ccccc4)CC3c3cccc(OCCNC(=O)OCc4ccccc4)c3)nc(N)c2cc1OC. The number of nitrogens with zero attached hydrogens (tertiary/aromatic N) is 4. The molecule has 0 spiro atoms. The largest absolute Gasteiger partial charge is 0.493 e. The Balaban J connectivity index is 1.22. The van der Waals surface area contributed by atoms with Gasteiger partial charge in [0, 0.05) is 31.1 Å². The Morgan fingerprint density at radius 3 is 2.36 bits per heavy atom. The number of methoxy groups -OCH3 is 2. The minimum Gasteiger partial charge on any atom is -0.493 e. The van der Waals surface area contributed by atoms with E-state index in [1.807, 2.05) is 59.5 Å². The molecule has 286 valence electrons. The van der Waals surface area contributed by atoms with Gasteiger partial charge < -0.3 is 50.2 Å². The molecule has 1 fully saturated rings. The summed E-state index contributed by atoms with van der Waals surface area (Å²) in [5.41, 5.74) is 9.42. The summed E-state index contributed by atoms with van der Waals surface area (Å²) in [7, 11) is 3.08. The van der Waals surface area contributed by atoms with Gasteiger partial charge in [-0.05, 0) is 34.9 Å². The zero-order chi connectivity index (χ0) is 38.7. The van der Waals surface area contributed by atoms with E-state index in [-0.39, 0.29) is 44.4 Å². The second kappa shape index (κ2) is 17.8. The number of benzene rings is 4. The first-order chi connectivity index (χ1) is 26.7. The first-order valence-electron chi connectivity index (χ1n) is 17.7. The quantitative estimate of drug-likeness (QED) is 0.107. The number of nitrogens with two attached hydrogens (primary N) is 1. The zero-order valence-corrected chi connectivity index (χ0v) is 30.5. The molecule has 2 atom stereocenters. The Kier molecular flexibility index (Phi) is 12.3. The summed E-state index contributed by atoms with van der Waals surface area (Å²) in [5, 5.41) is 15.3. The summed E-state index contributed by atoms with van der Waals surface area (Å²) in [5.74, 6) is 1.90. The van der Waals surface area contributed by atoms with Gasteiger partial charge in [-0.15, -0.1) is 0 Å². The van der Waals surface area contributed by atoms with E-state index in [2.05, 4.69) is 10.6 Å². The predicted octanol–water partition coefficient (Wildman–Crippen LogP) is 5.32. The fourth-order valence-electron chi connectivity index (χ4n) is 6.43. The van der Waals surface area contributed by atoms with Crippen LogP contribution in [-0.4, -0.2) is 85.1 Å². The van der Waals surface area contributed by atoms with Gasteiger partial charge in [-0.3, -0.25) is 4.79 Å². The molecule has 0 saturated carbocycles. The van der Waals surface area contributed by atoms with Crippen LogP contribution in [0.5, 0.6) is 17.2 Å². The van der Waals surface area contributed by atoms with Crippen LogP contribution in [0.15, 0.2) is 97.1 Å². The fourth-order valence-corrected chi connectivity index (χ4v) is 6.43. The van der Waals surface area contributed by atoms with E-state index in [0.29, 0.717) is 52.8 Å². The number of carbonyl (C=O) groups is 3. The number of carbonyl (C=O) groups excluding carboxylic acids is 2. The van der Waals surface area contributed by atoms with Gasteiger partial charge in [0.1, 0.15) is 24.8 Å². The number of anilines is 2. The first kappa shape index (κ1) is 38.0. The Hall–Kier alpha value is -6.77. The molecule has 15 nitrogen and oxygen atoms in total. The molecular formula is C40H43N7O8. The Morgan fingerprint density at radius 2 is 1.64 bits per heavy atom. The van der Waals surface area contributed by atoms with Crippen molar-refractivity contribution >= 4 is 40.8 Å². The predicted molar refractivity (Wildman–Crippen MR) is 205 cm³/mol. The smallest absolute Gasteiger partial charge is 0.407 e. The average molecular weight is 750 g/mol. The lowest BCUT2D eigenvalue weighted by molar-refractivity contribution is -0.132. The molecule has 0 bridgehead atoms. The van der Waals surface area contributed by atoms with Crippen molar-refractivity contribution in [2.24, 2.45) is 0 Å². The molecular weight excluding hydrogens is 706 g/mol. The topological polar surface area (TPSA) is 191 Å². The van der Waals surface area contributed by atoms with Gasteiger partial charge in [-0.25, -0.2) is 14.6 Å². The van der Waals surface area contributed by atoms with Gasteiger partial charge in [0.05, 0.1) is 44.8 Å². The van der Waals surface area contributed by atoms with Crippen LogP contribution in [-0.2, 0) is 16.1 Å². The summed E-state index contributed by atoms with van der Waals surface area (Å²) >= 11 is 0. The lowest BCUT2D eigenvalue weighted by atomic mass is 10.00. The van der Waals surface area contributed by atoms with Crippen molar-refractivity contribution in [3.05, 3.63) is 114 Å². The summed E-state index contributed by atoms with van der Waals surface area (Å²) in [6.07, 6.45) is -1.85. The van der Waals surface area contributed by atoms with Gasteiger partial charge >= 0.3 is 12.2 Å². The van der Waals surface area contributed by atoms with Crippen LogP contribution in [0.4, 0.5) is 21.4 Å². The first-order valence-corrected chi connectivity index (χ1v) is 17.7. The second-order valence-electron chi connectivity index (χ2n) is 12.7. The number of hydrogen-bond acceptors (Lipinski definition) is 11. The average Bonchev–Trinajstić information content (AvgIpc) is 3.21. The van der Waals surface area contributed by atoms with Gasteiger partial charge in [-0.2, -0.15) is 4.98 Å². The summed E-state index contributed by atoms with van der Waals surface area (Å²) < 4.78 is 22.3. The molecule has 6 rings (SSSR count). The minimum absolute atomic E-state index is 0.0754. The second-order valence-corrected chi connectivity index (χ2v) is 12.7. The van der Waals surface area contributed by atoms with E-state index in [4.69, 9.17) is 34.6 Å². The summed E-state index contributed by atoms with van der Waals surface area (Å²) in [6, 6.07) is 28.1. The van der Waals surface area contributed by atoms with Crippen LogP contribution in [0.2, 0.25) is 0 Å². The fraction of sp³-hybridized carbons (Fsp3) is 0.275. The van der Waals surface area contributed by atoms with Crippen molar-refractivity contribution in [2.75, 3.05) is 57.6 Å². The van der Waals surface area contributed by atoms with E-state index in [1.165, 1.54) is 7.11 Å². The van der Waals surface area contributed by atoms with Crippen LogP contribution >= 0.6 is 0 Å². The van der Waals surface area contributed by atoms with Crippen molar-refractivity contribution in [1.29, 1.82) is 0 Å². The third-order valence-electron chi connectivity index (χ3n) is 9.18. The molecule has 1 aliphatic heterocycles. The Morgan fingerprint density at radius 1 is 0.909 bits per heavy atom. The molecule has 5 aromatic rings. The number of alkyl carbamates (subject to hydrolysis) is 1. The van der Waals surface area contributed by atoms with E-state index >= 15 is 0 Å². The number of nitrogens with one attached hydrogen (secondary N) is 2. The molecule has 1 saturated heterocycles. The number of aromatic nitrogens is 2. The van der Waals surface area contributed by atoms with Crippen molar-refractivity contribution in [1.82, 2.24) is 25.5 Å². The highest BCUT2D eigenvalue weighted by atomic mass is 16.5. The standard InChI is InChI=1S/C40H43N7O8/c1-52-34-21-30-32(22-35(34)53-2)43-38(45-37(30)41)47-18-17-46(36(48)23-31(44-39(49)50)27-12-7-4-8-13-27)24-33(47)28-14-9-15-29(20-28)54-19-16-42-40(51)55-25-26-10-5-3-6-11-26/h3-15,20-22,31,33,44H,16-19,23-25H2,1-2H3,(H,42,51)(H,49,50)(H2,41,43,45)/t31-,33?/m1/s1. The van der Waals surface area contributed by atoms with Crippen LogP contribution in [0.3, 0.4) is 0 Å². The molecule has 4 aromatic carbocycles. The number of fused-ring (bicyclic) bond motifs is 1. The highest BCUT2D eigenvalue weighted by Crippen LogP contribution is 2.37. The molecule has 0 radical (unpaired) electrons. The van der Waals surface area contributed by atoms with Crippen molar-refractivity contribution in [2.45, 2.75) is 25.1 Å². The van der Waals surface area contributed by atoms with E-state index in [1.54, 1.807) is 54.5 Å². The monoisotopic (exact) mass is 749 g/mol. The highest BCUT2D eigenvalue weighted by Gasteiger charge is 2.34. The third kappa shape index (κ3) is 9.62. The summed E-state index contributed by atoms with van der Waals surface area (Å²) in [6.45, 7) is 1.44. The number of ether oxygens (including phenoxy) is 4. The Labute approximate surface area is 318 Å². The maximum Gasteiger partial charge on any atom is 0.407 e. The van der Waals surface area contributed by atoms with Gasteiger partial charge in [0.25, 0.3) is 0 Å². The number of nitrogen functional groups attached to an aromatic ring is 1. The maximum absolute atomic E-state index is 13.9. The zero-order valence-electron chi connectivity index (χ0n) is 30.5. The molecule has 15 heteroatoms. The van der Waals surface area contributed by atoms with Crippen LogP contribution in [0.1, 0.15) is 35.2 Å². The van der Waals surface area contributed by atoms with E-state index < -0.39 is 24.3 Å². The van der Waals surface area contributed by atoms with Crippen LogP contribution in [0.25, 0.3) is 10.9 Å². The van der Waals surface area contributed by atoms with Crippen LogP contribution < -0.4 is 35.5 Å². The third-order valence-corrected chi connectivity index (χ3v) is 9.18. The number of piperazine rings is 1. The number of carboxylic acid groups (broad SMARTS) is 1. The molecule has 3 amide bonds. The molecule has 5 N–H and O–H groups in total. The lowest BCUT2D eigenvalue weighted by Crippen LogP contribution is -2.51. The minimum atomic E-state index is -1.22.